The molecule has 1 aromatic rings. The Balaban J connectivity index is 2.56. The Labute approximate surface area is 97.0 Å². The number of carbonyl (C=O) groups excluding carboxylic acids is 1. The molecule has 0 amide bonds. The third-order valence-corrected chi connectivity index (χ3v) is 2.54. The van der Waals surface area contributed by atoms with Gasteiger partial charge in [-0.3, -0.25) is 9.69 Å². The number of hydrogen-bond acceptors (Lipinski definition) is 3. The van der Waals surface area contributed by atoms with Crippen LogP contribution in [0.5, 0.6) is 0 Å². The van der Waals surface area contributed by atoms with Crippen molar-refractivity contribution in [3.63, 3.8) is 0 Å². The molecule has 0 spiro atoms. The van der Waals surface area contributed by atoms with Crippen LogP contribution >= 0.6 is 0 Å². The average molecular weight is 221 g/mol. The molecule has 0 bridgehead atoms. The minimum atomic E-state index is 0.164. The van der Waals surface area contributed by atoms with Crippen LogP contribution in [0, 0.1) is 6.92 Å². The summed E-state index contributed by atoms with van der Waals surface area (Å²) in [5.41, 5.74) is 1.85. The first-order valence-electron chi connectivity index (χ1n) is 5.41. The highest BCUT2D eigenvalue weighted by atomic mass is 16.5. The number of aryl methyl sites for hydroxylation is 1. The van der Waals surface area contributed by atoms with Gasteiger partial charge in [0.2, 0.25) is 0 Å². The first-order valence-corrected chi connectivity index (χ1v) is 5.41. The highest BCUT2D eigenvalue weighted by molar-refractivity contribution is 5.98. The molecule has 0 aliphatic carbocycles. The third kappa shape index (κ3) is 3.76. The van der Waals surface area contributed by atoms with Gasteiger partial charge < -0.3 is 4.74 Å². The molecule has 0 unspecified atom stereocenters. The van der Waals surface area contributed by atoms with Gasteiger partial charge in [-0.2, -0.15) is 0 Å². The van der Waals surface area contributed by atoms with Crippen LogP contribution in [0.1, 0.15) is 15.9 Å². The van der Waals surface area contributed by atoms with Crippen LogP contribution in [0.15, 0.2) is 24.3 Å². The minimum absolute atomic E-state index is 0.164. The SMILES string of the molecule is COCCN(C)CC(=O)c1ccccc1C. The summed E-state index contributed by atoms with van der Waals surface area (Å²) in [6, 6.07) is 7.68. The van der Waals surface area contributed by atoms with Gasteiger partial charge in [-0.05, 0) is 19.5 Å². The smallest absolute Gasteiger partial charge is 0.177 e. The van der Waals surface area contributed by atoms with Crippen LogP contribution in [0.3, 0.4) is 0 Å². The maximum absolute atomic E-state index is 12.0. The lowest BCUT2D eigenvalue weighted by atomic mass is 10.0. The van der Waals surface area contributed by atoms with E-state index in [1.807, 2.05) is 43.1 Å². The highest BCUT2D eigenvalue weighted by Gasteiger charge is 2.10. The molecule has 0 aliphatic heterocycles. The molecular weight excluding hydrogens is 202 g/mol. The topological polar surface area (TPSA) is 29.5 Å². The Morgan fingerprint density at radius 1 is 1.38 bits per heavy atom. The molecule has 1 aromatic carbocycles. The van der Waals surface area contributed by atoms with Gasteiger partial charge in [-0.1, -0.05) is 24.3 Å². The minimum Gasteiger partial charge on any atom is -0.383 e. The number of ketones is 1. The largest absolute Gasteiger partial charge is 0.383 e. The molecule has 0 aromatic heterocycles. The van der Waals surface area contributed by atoms with Crippen molar-refractivity contribution in [2.75, 3.05) is 33.9 Å². The van der Waals surface area contributed by atoms with Gasteiger partial charge in [0, 0.05) is 19.2 Å². The summed E-state index contributed by atoms with van der Waals surface area (Å²) in [7, 11) is 3.59. The van der Waals surface area contributed by atoms with Gasteiger partial charge in [0.1, 0.15) is 0 Å². The standard InChI is InChI=1S/C13H19NO2/c1-11-6-4-5-7-12(11)13(15)10-14(2)8-9-16-3/h4-7H,8-10H2,1-3H3. The number of methoxy groups -OCH3 is 1. The van der Waals surface area contributed by atoms with Crippen LogP contribution in [-0.2, 0) is 4.74 Å². The van der Waals surface area contributed by atoms with Gasteiger partial charge in [0.15, 0.2) is 5.78 Å². The zero-order chi connectivity index (χ0) is 12.0. The maximum atomic E-state index is 12.0. The van der Waals surface area contributed by atoms with E-state index in [2.05, 4.69) is 0 Å². The van der Waals surface area contributed by atoms with Gasteiger partial charge in [-0.25, -0.2) is 0 Å². The van der Waals surface area contributed by atoms with Crippen molar-refractivity contribution in [2.45, 2.75) is 6.92 Å². The highest BCUT2D eigenvalue weighted by Crippen LogP contribution is 2.08. The van der Waals surface area contributed by atoms with Crippen LogP contribution in [0.2, 0.25) is 0 Å². The fraction of sp³-hybridized carbons (Fsp3) is 0.462. The zero-order valence-electron chi connectivity index (χ0n) is 10.2. The van der Waals surface area contributed by atoms with E-state index < -0.39 is 0 Å². The van der Waals surface area contributed by atoms with Gasteiger partial charge in [0.25, 0.3) is 0 Å². The fourth-order valence-electron chi connectivity index (χ4n) is 1.54. The van der Waals surface area contributed by atoms with Crippen molar-refractivity contribution in [2.24, 2.45) is 0 Å². The lowest BCUT2D eigenvalue weighted by Gasteiger charge is -2.15. The summed E-state index contributed by atoms with van der Waals surface area (Å²) < 4.78 is 4.97. The average Bonchev–Trinajstić information content (AvgIpc) is 2.26. The van der Waals surface area contributed by atoms with E-state index in [1.54, 1.807) is 7.11 Å². The van der Waals surface area contributed by atoms with E-state index in [-0.39, 0.29) is 5.78 Å². The summed E-state index contributed by atoms with van der Waals surface area (Å²) >= 11 is 0. The maximum Gasteiger partial charge on any atom is 0.177 e. The summed E-state index contributed by atoms with van der Waals surface area (Å²) in [5.74, 6) is 0.164. The molecule has 16 heavy (non-hydrogen) atoms. The number of rotatable bonds is 6. The second-order valence-corrected chi connectivity index (χ2v) is 3.97. The van der Waals surface area contributed by atoms with E-state index in [4.69, 9.17) is 4.74 Å². The molecule has 3 nitrogen and oxygen atoms in total. The number of Topliss-reactive ketones (excluding diaryl/α,β-unsaturated/α-hetero) is 1. The van der Waals surface area contributed by atoms with Crippen molar-refractivity contribution in [1.82, 2.24) is 4.90 Å². The van der Waals surface area contributed by atoms with E-state index in [0.29, 0.717) is 13.2 Å². The summed E-state index contributed by atoms with van der Waals surface area (Å²) in [6.45, 7) is 3.82. The zero-order valence-corrected chi connectivity index (χ0v) is 10.2. The van der Waals surface area contributed by atoms with Crippen molar-refractivity contribution >= 4 is 5.78 Å². The van der Waals surface area contributed by atoms with Crippen LogP contribution in [-0.4, -0.2) is 44.5 Å². The fourth-order valence-corrected chi connectivity index (χ4v) is 1.54. The number of benzene rings is 1. The van der Waals surface area contributed by atoms with E-state index in [9.17, 15) is 4.79 Å². The van der Waals surface area contributed by atoms with Crippen molar-refractivity contribution in [3.05, 3.63) is 35.4 Å². The molecule has 0 heterocycles. The molecule has 3 heteroatoms. The number of carbonyl (C=O) groups is 1. The first kappa shape index (κ1) is 12.9. The Hall–Kier alpha value is -1.19. The summed E-state index contributed by atoms with van der Waals surface area (Å²) in [5, 5.41) is 0. The first-order chi connectivity index (χ1) is 7.65. The number of ether oxygens (including phenoxy) is 1. The lowest BCUT2D eigenvalue weighted by molar-refractivity contribution is 0.0922. The van der Waals surface area contributed by atoms with E-state index >= 15 is 0 Å². The Morgan fingerprint density at radius 2 is 2.06 bits per heavy atom. The molecular formula is C13H19NO2. The molecule has 0 fully saturated rings. The predicted molar refractivity (Wildman–Crippen MR) is 64.9 cm³/mol. The number of likely N-dealkylation sites (N-methyl/N-ethyl adjacent to an activating group) is 1. The Kier molecular flexibility index (Phi) is 5.15. The van der Waals surface area contributed by atoms with Gasteiger partial charge in [-0.15, -0.1) is 0 Å². The third-order valence-electron chi connectivity index (χ3n) is 2.54. The molecule has 0 saturated heterocycles. The molecule has 88 valence electrons. The molecule has 0 atom stereocenters. The number of hydrogen-bond donors (Lipinski definition) is 0. The Morgan fingerprint density at radius 3 is 2.69 bits per heavy atom. The summed E-state index contributed by atoms with van der Waals surface area (Å²) in [4.78, 5) is 13.9. The van der Waals surface area contributed by atoms with E-state index in [0.717, 1.165) is 17.7 Å². The predicted octanol–water partition coefficient (Wildman–Crippen LogP) is 1.76. The van der Waals surface area contributed by atoms with Crippen LogP contribution in [0.25, 0.3) is 0 Å². The molecule has 1 rings (SSSR count). The second-order valence-electron chi connectivity index (χ2n) is 3.97. The molecule has 0 saturated carbocycles. The molecule has 0 aliphatic rings. The monoisotopic (exact) mass is 221 g/mol. The van der Waals surface area contributed by atoms with Gasteiger partial charge >= 0.3 is 0 Å². The summed E-state index contributed by atoms with van der Waals surface area (Å²) in [6.07, 6.45) is 0. The molecule has 0 radical (unpaired) electrons. The normalized spacial score (nSPS) is 10.8. The molecule has 0 N–H and O–H groups in total. The van der Waals surface area contributed by atoms with Crippen molar-refractivity contribution in [3.8, 4) is 0 Å². The lowest BCUT2D eigenvalue weighted by Crippen LogP contribution is -2.29. The quantitative estimate of drug-likeness (QED) is 0.685. The number of nitrogens with zero attached hydrogens (tertiary/aromatic N) is 1. The van der Waals surface area contributed by atoms with Crippen molar-refractivity contribution in [1.29, 1.82) is 0 Å². The Bertz CT molecular complexity index is 350. The van der Waals surface area contributed by atoms with Crippen LogP contribution < -0.4 is 0 Å². The van der Waals surface area contributed by atoms with Gasteiger partial charge in [0.05, 0.1) is 13.2 Å². The van der Waals surface area contributed by atoms with E-state index in [1.165, 1.54) is 0 Å². The van der Waals surface area contributed by atoms with Crippen molar-refractivity contribution < 1.29 is 9.53 Å². The second kappa shape index (κ2) is 6.40. The van der Waals surface area contributed by atoms with Crippen LogP contribution in [0.4, 0.5) is 0 Å².